The number of likely N-dealkylation sites (tertiary alicyclic amines) is 1. The van der Waals surface area contributed by atoms with Gasteiger partial charge in [-0.1, -0.05) is 66.7 Å². The Labute approximate surface area is 154 Å². The molecule has 1 aliphatic heterocycles. The van der Waals surface area contributed by atoms with Crippen molar-refractivity contribution in [1.82, 2.24) is 0 Å². The summed E-state index contributed by atoms with van der Waals surface area (Å²) in [7, 11) is 0. The third-order valence-electron chi connectivity index (χ3n) is 5.42. The van der Waals surface area contributed by atoms with Crippen molar-refractivity contribution in [1.29, 1.82) is 0 Å². The van der Waals surface area contributed by atoms with E-state index in [1.165, 1.54) is 18.4 Å². The molecule has 0 aliphatic carbocycles. The van der Waals surface area contributed by atoms with Crippen molar-refractivity contribution in [2.75, 3.05) is 25.0 Å². The molecule has 26 heavy (non-hydrogen) atoms. The van der Waals surface area contributed by atoms with Crippen LogP contribution in [0.4, 0.5) is 5.69 Å². The Morgan fingerprint density at radius 2 is 1.54 bits per heavy atom. The number of anilines is 1. The molecule has 0 bridgehead atoms. The molecule has 132 valence electrons. The van der Waals surface area contributed by atoms with Crippen LogP contribution < -0.4 is 5.32 Å². The standard InChI is InChI=1S/C23H24N2O/c26-23(24-22-14-8-12-20-11-4-5-13-21(20)22)18-25(15-6-7-16-25)17-19-9-2-1-3-10-19/h1-5,8-14H,6-7,15-18H2/p+1. The lowest BCUT2D eigenvalue weighted by atomic mass is 10.1. The first-order chi connectivity index (χ1) is 12.7. The zero-order valence-electron chi connectivity index (χ0n) is 15.0. The van der Waals surface area contributed by atoms with Crippen molar-refractivity contribution in [3.8, 4) is 0 Å². The van der Waals surface area contributed by atoms with Gasteiger partial charge < -0.3 is 9.80 Å². The fourth-order valence-corrected chi connectivity index (χ4v) is 4.18. The predicted octanol–water partition coefficient (Wildman–Crippen LogP) is 4.59. The summed E-state index contributed by atoms with van der Waals surface area (Å²) in [6, 6.07) is 24.8. The maximum atomic E-state index is 12.9. The minimum atomic E-state index is 0.110. The van der Waals surface area contributed by atoms with Crippen molar-refractivity contribution in [2.45, 2.75) is 19.4 Å². The van der Waals surface area contributed by atoms with Crippen LogP contribution in [-0.4, -0.2) is 30.0 Å². The van der Waals surface area contributed by atoms with Gasteiger partial charge in [0, 0.05) is 29.5 Å². The second-order valence-corrected chi connectivity index (χ2v) is 7.37. The highest BCUT2D eigenvalue weighted by molar-refractivity contribution is 6.02. The van der Waals surface area contributed by atoms with Gasteiger partial charge in [-0.3, -0.25) is 4.79 Å². The number of nitrogens with zero attached hydrogens (tertiary/aromatic N) is 1. The van der Waals surface area contributed by atoms with Crippen molar-refractivity contribution in [3.63, 3.8) is 0 Å². The van der Waals surface area contributed by atoms with Gasteiger partial charge >= 0.3 is 0 Å². The van der Waals surface area contributed by atoms with Crippen LogP contribution >= 0.6 is 0 Å². The summed E-state index contributed by atoms with van der Waals surface area (Å²) in [5.74, 6) is 0.110. The average molecular weight is 345 g/mol. The highest BCUT2D eigenvalue weighted by atomic mass is 16.2. The first-order valence-corrected chi connectivity index (χ1v) is 9.41. The van der Waals surface area contributed by atoms with Gasteiger partial charge in [0.25, 0.3) is 5.91 Å². The third-order valence-corrected chi connectivity index (χ3v) is 5.42. The summed E-state index contributed by atoms with van der Waals surface area (Å²) >= 11 is 0. The number of carbonyl (C=O) groups is 1. The Bertz CT molecular complexity index is 893. The van der Waals surface area contributed by atoms with Crippen LogP contribution in [0.15, 0.2) is 72.8 Å². The van der Waals surface area contributed by atoms with E-state index in [-0.39, 0.29) is 5.91 Å². The molecule has 0 atom stereocenters. The van der Waals surface area contributed by atoms with E-state index in [2.05, 4.69) is 47.8 Å². The number of amides is 1. The maximum Gasteiger partial charge on any atom is 0.279 e. The summed E-state index contributed by atoms with van der Waals surface area (Å²) in [6.45, 7) is 3.64. The smallest absolute Gasteiger partial charge is 0.279 e. The van der Waals surface area contributed by atoms with Gasteiger partial charge in [0.2, 0.25) is 0 Å². The molecule has 3 aromatic rings. The first-order valence-electron chi connectivity index (χ1n) is 9.41. The zero-order chi connectivity index (χ0) is 17.8. The summed E-state index contributed by atoms with van der Waals surface area (Å²) < 4.78 is 0.862. The van der Waals surface area contributed by atoms with Crippen molar-refractivity contribution < 1.29 is 9.28 Å². The van der Waals surface area contributed by atoms with E-state index in [0.717, 1.165) is 40.6 Å². The van der Waals surface area contributed by atoms with E-state index >= 15 is 0 Å². The molecule has 0 radical (unpaired) electrons. The number of nitrogens with one attached hydrogen (secondary N) is 1. The lowest BCUT2D eigenvalue weighted by molar-refractivity contribution is -0.922. The van der Waals surface area contributed by atoms with Crippen LogP contribution in [0.25, 0.3) is 10.8 Å². The van der Waals surface area contributed by atoms with Crippen LogP contribution in [0.3, 0.4) is 0 Å². The molecule has 0 spiro atoms. The molecular formula is C23H25N2O+. The molecular weight excluding hydrogens is 320 g/mol. The zero-order valence-corrected chi connectivity index (χ0v) is 15.0. The van der Waals surface area contributed by atoms with E-state index in [1.807, 2.05) is 30.3 Å². The minimum Gasteiger partial charge on any atom is -0.321 e. The SMILES string of the molecule is O=C(C[N+]1(Cc2ccccc2)CCCC1)Nc1cccc2ccccc12. The number of hydrogen-bond donors (Lipinski definition) is 1. The highest BCUT2D eigenvalue weighted by Gasteiger charge is 2.34. The van der Waals surface area contributed by atoms with E-state index in [9.17, 15) is 4.79 Å². The monoisotopic (exact) mass is 345 g/mol. The second-order valence-electron chi connectivity index (χ2n) is 7.37. The van der Waals surface area contributed by atoms with Crippen LogP contribution in [-0.2, 0) is 11.3 Å². The molecule has 4 rings (SSSR count). The molecule has 1 fully saturated rings. The average Bonchev–Trinajstić information content (AvgIpc) is 3.10. The summed E-state index contributed by atoms with van der Waals surface area (Å²) in [6.07, 6.45) is 2.41. The van der Waals surface area contributed by atoms with Gasteiger partial charge in [-0.2, -0.15) is 0 Å². The third kappa shape index (κ3) is 3.63. The first kappa shape index (κ1) is 16.8. The maximum absolute atomic E-state index is 12.9. The Morgan fingerprint density at radius 3 is 2.35 bits per heavy atom. The molecule has 1 N–H and O–H groups in total. The van der Waals surface area contributed by atoms with Crippen LogP contribution in [0.2, 0.25) is 0 Å². The minimum absolute atomic E-state index is 0.110. The summed E-state index contributed by atoms with van der Waals surface area (Å²) in [4.78, 5) is 12.9. The van der Waals surface area contributed by atoms with E-state index in [4.69, 9.17) is 0 Å². The molecule has 3 aromatic carbocycles. The van der Waals surface area contributed by atoms with Crippen LogP contribution in [0.5, 0.6) is 0 Å². The van der Waals surface area contributed by atoms with Gasteiger partial charge in [0.1, 0.15) is 6.54 Å². The molecule has 3 nitrogen and oxygen atoms in total. The number of benzene rings is 3. The van der Waals surface area contributed by atoms with Crippen molar-refractivity contribution >= 4 is 22.4 Å². The highest BCUT2D eigenvalue weighted by Crippen LogP contribution is 2.26. The van der Waals surface area contributed by atoms with Crippen LogP contribution in [0.1, 0.15) is 18.4 Å². The summed E-state index contributed by atoms with van der Waals surface area (Å²) in [5, 5.41) is 5.42. The number of quaternary nitrogens is 1. The largest absolute Gasteiger partial charge is 0.321 e. The normalized spacial score (nSPS) is 15.8. The summed E-state index contributed by atoms with van der Waals surface area (Å²) in [5.41, 5.74) is 2.22. The second kappa shape index (κ2) is 7.30. The van der Waals surface area contributed by atoms with E-state index in [1.54, 1.807) is 0 Å². The van der Waals surface area contributed by atoms with Crippen molar-refractivity contribution in [3.05, 3.63) is 78.4 Å². The number of hydrogen-bond acceptors (Lipinski definition) is 1. The molecule has 1 heterocycles. The van der Waals surface area contributed by atoms with Crippen LogP contribution in [0, 0.1) is 0 Å². The number of fused-ring (bicyclic) bond motifs is 1. The molecule has 1 amide bonds. The fraction of sp³-hybridized carbons (Fsp3) is 0.261. The van der Waals surface area contributed by atoms with Gasteiger partial charge in [0.15, 0.2) is 6.54 Å². The van der Waals surface area contributed by atoms with Crippen molar-refractivity contribution in [2.24, 2.45) is 0 Å². The van der Waals surface area contributed by atoms with Gasteiger partial charge in [-0.05, 0) is 11.5 Å². The lowest BCUT2D eigenvalue weighted by Crippen LogP contribution is -2.49. The molecule has 1 aliphatic rings. The number of carbonyl (C=O) groups excluding carboxylic acids is 1. The Hall–Kier alpha value is -2.65. The molecule has 1 saturated heterocycles. The molecule has 0 aromatic heterocycles. The van der Waals surface area contributed by atoms with Gasteiger partial charge in [-0.15, -0.1) is 0 Å². The predicted molar refractivity (Wildman–Crippen MR) is 107 cm³/mol. The van der Waals surface area contributed by atoms with E-state index in [0.29, 0.717) is 6.54 Å². The molecule has 0 unspecified atom stereocenters. The van der Waals surface area contributed by atoms with Gasteiger partial charge in [0.05, 0.1) is 13.1 Å². The molecule has 0 saturated carbocycles. The Balaban J connectivity index is 1.52. The topological polar surface area (TPSA) is 29.1 Å². The number of rotatable bonds is 5. The Morgan fingerprint density at radius 1 is 0.846 bits per heavy atom. The van der Waals surface area contributed by atoms with Gasteiger partial charge in [-0.25, -0.2) is 0 Å². The molecule has 3 heteroatoms. The fourth-order valence-electron chi connectivity index (χ4n) is 4.18. The lowest BCUT2D eigenvalue weighted by Gasteiger charge is -2.33. The quantitative estimate of drug-likeness (QED) is 0.673. The van der Waals surface area contributed by atoms with E-state index < -0.39 is 0 Å². The Kier molecular flexibility index (Phi) is 4.72.